The fourth-order valence-corrected chi connectivity index (χ4v) is 1.51. The van der Waals surface area contributed by atoms with Gasteiger partial charge in [-0.15, -0.1) is 11.6 Å². The van der Waals surface area contributed by atoms with Crippen molar-refractivity contribution < 1.29 is 9.90 Å². The van der Waals surface area contributed by atoms with Gasteiger partial charge >= 0.3 is 0 Å². The fourth-order valence-electron chi connectivity index (χ4n) is 1.32. The van der Waals surface area contributed by atoms with Gasteiger partial charge in [0.15, 0.2) is 0 Å². The summed E-state index contributed by atoms with van der Waals surface area (Å²) in [4.78, 5) is 13.3. The number of hydrogen-bond acceptors (Lipinski definition) is 2. The molecular weight excluding hydrogens is 214 g/mol. The molecule has 0 aromatic rings. The Balaban J connectivity index is 3.42. The summed E-state index contributed by atoms with van der Waals surface area (Å²) < 4.78 is 0. The lowest BCUT2D eigenvalue weighted by atomic mass is 10.2. The molecule has 0 atom stereocenters. The van der Waals surface area contributed by atoms with E-state index in [2.05, 4.69) is 0 Å². The largest absolute Gasteiger partial charge is 0.396 e. The van der Waals surface area contributed by atoms with Crippen LogP contribution in [0.1, 0.15) is 38.5 Å². The molecule has 0 bridgehead atoms. The molecule has 4 heteroatoms. The Bertz CT molecular complexity index is 165. The van der Waals surface area contributed by atoms with Crippen LogP contribution in [0.5, 0.6) is 0 Å². The lowest BCUT2D eigenvalue weighted by Gasteiger charge is -2.16. The van der Waals surface area contributed by atoms with E-state index in [0.29, 0.717) is 12.3 Å². The van der Waals surface area contributed by atoms with Gasteiger partial charge in [-0.3, -0.25) is 4.79 Å². The maximum Gasteiger partial charge on any atom is 0.222 e. The van der Waals surface area contributed by atoms with Gasteiger partial charge in [-0.25, -0.2) is 0 Å². The summed E-state index contributed by atoms with van der Waals surface area (Å²) >= 11 is 5.53. The maximum atomic E-state index is 11.5. The summed E-state index contributed by atoms with van der Waals surface area (Å²) in [6.07, 6.45) is 5.17. The highest BCUT2D eigenvalue weighted by Crippen LogP contribution is 2.03. The number of aliphatic hydroxyl groups excluding tert-OH is 1. The average Bonchev–Trinajstić information content (AvgIpc) is 2.24. The molecule has 0 aliphatic heterocycles. The Labute approximate surface area is 97.4 Å². The van der Waals surface area contributed by atoms with Gasteiger partial charge in [0.05, 0.1) is 0 Å². The van der Waals surface area contributed by atoms with Crippen molar-refractivity contribution >= 4 is 17.5 Å². The third-order valence-electron chi connectivity index (χ3n) is 2.35. The zero-order valence-corrected chi connectivity index (χ0v) is 10.3. The topological polar surface area (TPSA) is 40.5 Å². The van der Waals surface area contributed by atoms with Crippen molar-refractivity contribution in [2.45, 2.75) is 38.5 Å². The summed E-state index contributed by atoms with van der Waals surface area (Å²) in [6, 6.07) is 0. The van der Waals surface area contributed by atoms with Crippen LogP contribution < -0.4 is 0 Å². The van der Waals surface area contributed by atoms with Crippen molar-refractivity contribution in [2.24, 2.45) is 0 Å². The quantitative estimate of drug-likeness (QED) is 0.491. The van der Waals surface area contributed by atoms with E-state index in [4.69, 9.17) is 16.7 Å². The summed E-state index contributed by atoms with van der Waals surface area (Å²) in [5.74, 6) is 0.831. The average molecular weight is 236 g/mol. The highest BCUT2D eigenvalue weighted by Gasteiger charge is 2.06. The second kappa shape index (κ2) is 10.2. The molecule has 0 aliphatic rings. The van der Waals surface area contributed by atoms with Crippen LogP contribution in [-0.2, 0) is 4.79 Å². The van der Waals surface area contributed by atoms with Gasteiger partial charge in [-0.2, -0.15) is 0 Å². The molecule has 0 rings (SSSR count). The standard InChI is InChI=1S/C11H22ClNO2/c1-13(9-5-2-6-10-14)11(15)7-3-4-8-12/h14H,2-10H2,1H3. The van der Waals surface area contributed by atoms with E-state index in [-0.39, 0.29) is 12.5 Å². The van der Waals surface area contributed by atoms with Crippen LogP contribution in [0.3, 0.4) is 0 Å². The molecule has 0 fully saturated rings. The van der Waals surface area contributed by atoms with Gasteiger partial charge in [-0.05, 0) is 32.1 Å². The SMILES string of the molecule is CN(CCCCCO)C(=O)CCCCCl. The molecule has 0 aromatic carbocycles. The van der Waals surface area contributed by atoms with Gasteiger partial charge < -0.3 is 10.0 Å². The first-order valence-electron chi connectivity index (χ1n) is 5.63. The van der Waals surface area contributed by atoms with E-state index in [9.17, 15) is 4.79 Å². The second-order valence-electron chi connectivity index (χ2n) is 3.75. The van der Waals surface area contributed by atoms with Crippen LogP contribution in [0, 0.1) is 0 Å². The Morgan fingerprint density at radius 1 is 1.20 bits per heavy atom. The number of aliphatic hydroxyl groups is 1. The van der Waals surface area contributed by atoms with Crippen LogP contribution in [0.4, 0.5) is 0 Å². The van der Waals surface area contributed by atoms with Crippen molar-refractivity contribution in [3.8, 4) is 0 Å². The van der Waals surface area contributed by atoms with Crippen LogP contribution >= 0.6 is 11.6 Å². The van der Waals surface area contributed by atoms with Gasteiger partial charge in [0.25, 0.3) is 0 Å². The number of amides is 1. The molecule has 90 valence electrons. The second-order valence-corrected chi connectivity index (χ2v) is 4.12. The highest BCUT2D eigenvalue weighted by atomic mass is 35.5. The molecule has 0 radical (unpaired) electrons. The molecule has 0 heterocycles. The first-order valence-corrected chi connectivity index (χ1v) is 6.16. The monoisotopic (exact) mass is 235 g/mol. The van der Waals surface area contributed by atoms with Crippen molar-refractivity contribution in [2.75, 3.05) is 26.1 Å². The first kappa shape index (κ1) is 14.7. The van der Waals surface area contributed by atoms with Gasteiger partial charge in [0, 0.05) is 32.5 Å². The number of unbranched alkanes of at least 4 members (excludes halogenated alkanes) is 3. The van der Waals surface area contributed by atoms with E-state index in [1.54, 1.807) is 4.90 Å². The predicted molar refractivity (Wildman–Crippen MR) is 63.1 cm³/mol. The van der Waals surface area contributed by atoms with E-state index in [1.165, 1.54) is 0 Å². The van der Waals surface area contributed by atoms with Crippen LogP contribution in [-0.4, -0.2) is 42.0 Å². The maximum absolute atomic E-state index is 11.5. The Kier molecular flexibility index (Phi) is 10.1. The Morgan fingerprint density at radius 3 is 2.53 bits per heavy atom. The van der Waals surface area contributed by atoms with E-state index in [1.807, 2.05) is 7.05 Å². The molecule has 15 heavy (non-hydrogen) atoms. The van der Waals surface area contributed by atoms with E-state index < -0.39 is 0 Å². The van der Waals surface area contributed by atoms with E-state index in [0.717, 1.165) is 38.6 Å². The number of carbonyl (C=O) groups is 1. The number of nitrogens with zero attached hydrogens (tertiary/aromatic N) is 1. The van der Waals surface area contributed by atoms with Crippen LogP contribution in [0.15, 0.2) is 0 Å². The highest BCUT2D eigenvalue weighted by molar-refractivity contribution is 6.17. The fraction of sp³-hybridized carbons (Fsp3) is 0.909. The Morgan fingerprint density at radius 2 is 1.93 bits per heavy atom. The van der Waals surface area contributed by atoms with Crippen molar-refractivity contribution in [1.82, 2.24) is 4.90 Å². The minimum atomic E-state index is 0.198. The minimum absolute atomic E-state index is 0.198. The van der Waals surface area contributed by atoms with Crippen LogP contribution in [0.2, 0.25) is 0 Å². The molecule has 1 amide bonds. The molecule has 0 aliphatic carbocycles. The lowest BCUT2D eigenvalue weighted by Crippen LogP contribution is -2.27. The molecule has 0 saturated heterocycles. The predicted octanol–water partition coefficient (Wildman–Crippen LogP) is 2.02. The van der Waals surface area contributed by atoms with Gasteiger partial charge in [0.1, 0.15) is 0 Å². The summed E-state index contributed by atoms with van der Waals surface area (Å²) in [5, 5.41) is 8.59. The molecule has 3 nitrogen and oxygen atoms in total. The third-order valence-corrected chi connectivity index (χ3v) is 2.62. The van der Waals surface area contributed by atoms with E-state index >= 15 is 0 Å². The molecule has 1 N–H and O–H groups in total. The molecule has 0 unspecified atom stereocenters. The number of rotatable bonds is 9. The lowest BCUT2D eigenvalue weighted by molar-refractivity contribution is -0.130. The number of halogens is 1. The molecule has 0 spiro atoms. The van der Waals surface area contributed by atoms with Crippen molar-refractivity contribution in [3.05, 3.63) is 0 Å². The number of alkyl halides is 1. The zero-order valence-electron chi connectivity index (χ0n) is 9.54. The Hall–Kier alpha value is -0.280. The van der Waals surface area contributed by atoms with Gasteiger partial charge in [-0.1, -0.05) is 0 Å². The number of carbonyl (C=O) groups excluding carboxylic acids is 1. The zero-order chi connectivity index (χ0) is 11.5. The van der Waals surface area contributed by atoms with Crippen molar-refractivity contribution in [1.29, 1.82) is 0 Å². The molecule has 0 aromatic heterocycles. The summed E-state index contributed by atoms with van der Waals surface area (Å²) in [6.45, 7) is 1.03. The minimum Gasteiger partial charge on any atom is -0.396 e. The summed E-state index contributed by atoms with van der Waals surface area (Å²) in [7, 11) is 1.84. The van der Waals surface area contributed by atoms with Gasteiger partial charge in [0.2, 0.25) is 5.91 Å². The smallest absolute Gasteiger partial charge is 0.222 e. The summed E-state index contributed by atoms with van der Waals surface area (Å²) in [5.41, 5.74) is 0. The first-order chi connectivity index (χ1) is 7.22. The molecule has 0 saturated carbocycles. The van der Waals surface area contributed by atoms with Crippen LogP contribution in [0.25, 0.3) is 0 Å². The normalized spacial score (nSPS) is 10.3. The number of hydrogen-bond donors (Lipinski definition) is 1. The van der Waals surface area contributed by atoms with Crippen molar-refractivity contribution in [3.63, 3.8) is 0 Å². The third kappa shape index (κ3) is 8.70. The molecular formula is C11H22ClNO2.